The van der Waals surface area contributed by atoms with E-state index in [2.05, 4.69) is 0 Å². The normalized spacial score (nSPS) is 68.0. The molecule has 0 aromatic heterocycles. The molecule has 1 heterocycles. The van der Waals surface area contributed by atoms with Crippen LogP contribution in [0.1, 0.15) is 64.1 Å². The van der Waals surface area contributed by atoms with E-state index in [0.717, 1.165) is 26.0 Å². The third-order valence-electron chi connectivity index (χ3n) is 4.23. The van der Waals surface area contributed by atoms with Crippen LogP contribution in [0, 0.1) is 11.8 Å². The third-order valence-corrected chi connectivity index (χ3v) is 4.23. The van der Waals surface area contributed by atoms with E-state index in [4.69, 9.17) is 23.9 Å². The maximum atomic E-state index is 9.63. The van der Waals surface area contributed by atoms with Crippen molar-refractivity contribution in [2.75, 3.05) is 20.7 Å². The molecular weight excluding hydrogens is 258 g/mol. The molecule has 4 atom stereocenters. The lowest BCUT2D eigenvalue weighted by atomic mass is 9.51. The van der Waals surface area contributed by atoms with Gasteiger partial charge in [0.25, 0.3) is 0 Å². The van der Waals surface area contributed by atoms with E-state index in [0.29, 0.717) is 0 Å². The molecule has 114 valence electrons. The molecule has 0 radical (unpaired) electrons. The van der Waals surface area contributed by atoms with E-state index >= 15 is 0 Å². The largest absolute Gasteiger partial charge is 0.497 e. The zero-order valence-electron chi connectivity index (χ0n) is 27.1. The summed E-state index contributed by atoms with van der Waals surface area (Å²) in [6.07, 6.45) is -14.6. The first kappa shape index (κ1) is 4.99. The predicted molar refractivity (Wildman–Crippen MR) is 85.9 cm³/mol. The van der Waals surface area contributed by atoms with Gasteiger partial charge in [0.15, 0.2) is 0 Å². The van der Waals surface area contributed by atoms with Crippen LogP contribution in [-0.2, 0) is 11.8 Å². The molecule has 0 N–H and O–H groups in total. The van der Waals surface area contributed by atoms with E-state index in [1.165, 1.54) is 0 Å². The van der Waals surface area contributed by atoms with Crippen LogP contribution in [0.2, 0.25) is 0 Å². The number of likely N-dealkylation sites (tertiary alicyclic amines) is 1. The Bertz CT molecular complexity index is 1160. The van der Waals surface area contributed by atoms with Gasteiger partial charge in [-0.2, -0.15) is 0 Å². The minimum Gasteiger partial charge on any atom is -0.497 e. The fourth-order valence-electron chi connectivity index (χ4n) is 3.14. The van der Waals surface area contributed by atoms with Crippen LogP contribution in [0.5, 0.6) is 5.75 Å². The Labute approximate surface area is 149 Å². The lowest BCUT2D eigenvalue weighted by Gasteiger charge is -2.59. The Morgan fingerprint density at radius 3 is 3.14 bits per heavy atom. The Morgan fingerprint density at radius 2 is 2.33 bits per heavy atom. The Balaban J connectivity index is 2.43. The monoisotopic (exact) mass is 300 g/mol. The molecule has 1 aromatic carbocycles. The summed E-state index contributed by atoms with van der Waals surface area (Å²) in [6.45, 7) is -2.30. The van der Waals surface area contributed by atoms with Crippen molar-refractivity contribution in [3.63, 3.8) is 0 Å². The molecule has 2 heteroatoms. The lowest BCUT2D eigenvalue weighted by Crippen LogP contribution is -2.60. The fraction of sp³-hybridized carbons (Fsp3) is 0.684. The number of likely N-dealkylation sites (N-methyl/N-ethyl adjacent to an activating group) is 1. The average molecular weight is 301 g/mol. The van der Waals surface area contributed by atoms with Crippen molar-refractivity contribution in [2.24, 2.45) is 11.8 Å². The number of benzene rings is 1. The van der Waals surface area contributed by atoms with Crippen LogP contribution in [0.4, 0.5) is 0 Å². The molecule has 1 unspecified atom stereocenters. The molecule has 4 rings (SSSR count). The summed E-state index contributed by atoms with van der Waals surface area (Å²) >= 11 is 0. The molecule has 3 aliphatic rings. The Morgan fingerprint density at radius 1 is 1.48 bits per heavy atom. The second-order valence-electron chi connectivity index (χ2n) is 5.49. The predicted octanol–water partition coefficient (Wildman–Crippen LogP) is 3.63. The van der Waals surface area contributed by atoms with Crippen LogP contribution < -0.4 is 4.74 Å². The van der Waals surface area contributed by atoms with Crippen molar-refractivity contribution in [2.45, 2.75) is 50.3 Å². The summed E-state index contributed by atoms with van der Waals surface area (Å²) < 4.78 is 138. The molecule has 0 spiro atoms. The van der Waals surface area contributed by atoms with Gasteiger partial charge < -0.3 is 9.64 Å². The molecule has 1 aromatic rings. The number of rotatable bonds is 1. The maximum Gasteiger partial charge on any atom is 0.119 e. The summed E-state index contributed by atoms with van der Waals surface area (Å²) in [5.41, 5.74) is -4.42. The maximum absolute atomic E-state index is 9.63. The zero-order chi connectivity index (χ0) is 28.0. The quantitative estimate of drug-likeness (QED) is 0.785. The van der Waals surface area contributed by atoms with Gasteiger partial charge in [-0.15, -0.1) is 0 Å². The highest BCUT2D eigenvalue weighted by atomic mass is 16.5. The van der Waals surface area contributed by atoms with Gasteiger partial charge in [-0.25, -0.2) is 0 Å². The smallest absolute Gasteiger partial charge is 0.119 e. The minimum absolute atomic E-state index is 0.269. The standard InChI is InChI=1S/C19H27NO/c1-13-6-7-19-8-9-20(2)18(17(19)10-13)11-14-4-5-15(21-3)12-16(14)19/h4-5,12-13,17-18H,6-11H2,1-3H3/t13?,17-,18+,19-/m1/s1/i4D,5D,6D2,7D2,8D2,9D2,10D2,12D,13D,17D. The van der Waals surface area contributed by atoms with Crippen LogP contribution in [0.3, 0.4) is 0 Å². The molecule has 2 nitrogen and oxygen atoms in total. The summed E-state index contributed by atoms with van der Waals surface area (Å²) in [7, 11) is 2.16. The van der Waals surface area contributed by atoms with Gasteiger partial charge in [0.2, 0.25) is 0 Å². The first-order valence-corrected chi connectivity index (χ1v) is 6.84. The topological polar surface area (TPSA) is 12.5 Å². The molecule has 2 fully saturated rings. The van der Waals surface area contributed by atoms with Crippen molar-refractivity contribution >= 4 is 0 Å². The van der Waals surface area contributed by atoms with Gasteiger partial charge in [0.05, 0.1) is 11.2 Å². The number of hydrogen-bond acceptors (Lipinski definition) is 2. The third kappa shape index (κ3) is 1.88. The molecular formula is C19H27NO. The highest BCUT2D eigenvalue weighted by Crippen LogP contribution is 2.56. The minimum atomic E-state index is -3.66. The molecule has 1 saturated heterocycles. The molecule has 1 aliphatic heterocycles. The highest BCUT2D eigenvalue weighted by Gasteiger charge is 2.54. The van der Waals surface area contributed by atoms with E-state index in [9.17, 15) is 1.37 Å². The van der Waals surface area contributed by atoms with Gasteiger partial charge in [0, 0.05) is 27.9 Å². The van der Waals surface area contributed by atoms with Crippen molar-refractivity contribution in [3.8, 4) is 5.75 Å². The average Bonchev–Trinajstić information content (AvgIpc) is 2.74. The molecule has 2 aliphatic carbocycles. The fourth-order valence-corrected chi connectivity index (χ4v) is 3.14. The van der Waals surface area contributed by atoms with Gasteiger partial charge in [-0.3, -0.25) is 0 Å². The number of nitrogens with zero attached hydrogens (tertiary/aromatic N) is 1. The number of fused-ring (bicyclic) bond motifs is 1. The molecule has 21 heavy (non-hydrogen) atoms. The van der Waals surface area contributed by atoms with Crippen LogP contribution >= 0.6 is 0 Å². The Hall–Kier alpha value is -1.02. The zero-order valence-corrected chi connectivity index (χ0v) is 12.1. The van der Waals surface area contributed by atoms with E-state index in [1.54, 1.807) is 0 Å². The van der Waals surface area contributed by atoms with Crippen LogP contribution in [-0.4, -0.2) is 31.6 Å². The van der Waals surface area contributed by atoms with E-state index in [1.807, 2.05) is 0 Å². The van der Waals surface area contributed by atoms with Crippen molar-refractivity contribution in [1.29, 1.82) is 0 Å². The molecule has 1 saturated carbocycles. The Kier molecular flexibility index (Phi) is 1.13. The molecule has 0 amide bonds. The van der Waals surface area contributed by atoms with E-state index in [-0.39, 0.29) is 5.56 Å². The van der Waals surface area contributed by atoms with Crippen molar-refractivity contribution in [1.82, 2.24) is 4.90 Å². The van der Waals surface area contributed by atoms with Crippen LogP contribution in [0.25, 0.3) is 0 Å². The lowest BCUT2D eigenvalue weighted by molar-refractivity contribution is -0.0112. The van der Waals surface area contributed by atoms with Crippen LogP contribution in [0.15, 0.2) is 18.1 Å². The number of hydrogen-bond donors (Lipinski definition) is 0. The van der Waals surface area contributed by atoms with E-state index < -0.39 is 91.1 Å². The first-order chi connectivity index (χ1) is 15.9. The van der Waals surface area contributed by atoms with Crippen molar-refractivity contribution < 1.29 is 25.3 Å². The SMILES string of the molecule is [2H]c1c([2H])c(OC)c([2H])c2c1C[C@@H]1N(C)C([2H])([2H])C([2H])([2H])[C@]23C([2H])([2H])C([2H])([2H])C([2H])(C)C([2H])([2H])[C@]13[2H]. The number of ether oxygens (including phenoxy) is 1. The summed E-state index contributed by atoms with van der Waals surface area (Å²) in [5.74, 6) is -6.61. The number of methoxy groups -OCH3 is 1. The summed E-state index contributed by atoms with van der Waals surface area (Å²) in [5, 5.41) is 0. The highest BCUT2D eigenvalue weighted by molar-refractivity contribution is 5.45. The second kappa shape index (κ2) is 4.74. The van der Waals surface area contributed by atoms with Gasteiger partial charge in [-0.05, 0) is 80.5 Å². The first-order valence-electron chi connectivity index (χ1n) is 14.3. The summed E-state index contributed by atoms with van der Waals surface area (Å²) in [4.78, 5) is 0.753. The van der Waals surface area contributed by atoms with Gasteiger partial charge in [-0.1, -0.05) is 13.0 Å². The van der Waals surface area contributed by atoms with Gasteiger partial charge in [0.1, 0.15) is 5.75 Å². The second-order valence-corrected chi connectivity index (χ2v) is 5.49. The summed E-state index contributed by atoms with van der Waals surface area (Å²) in [6, 6.07) is -3.69. The molecule has 2 bridgehead atoms. The van der Waals surface area contributed by atoms with Gasteiger partial charge >= 0.3 is 0 Å². The van der Waals surface area contributed by atoms with Crippen molar-refractivity contribution in [3.05, 3.63) is 29.3 Å². The number of piperidine rings is 1.